The fourth-order valence-corrected chi connectivity index (χ4v) is 3.97. The van der Waals surface area contributed by atoms with Gasteiger partial charge in [0.1, 0.15) is 17.7 Å². The fourth-order valence-electron chi connectivity index (χ4n) is 2.38. The van der Waals surface area contributed by atoms with Gasteiger partial charge < -0.3 is 10.1 Å². The molecule has 3 rings (SSSR count). The Morgan fingerprint density at radius 3 is 2.75 bits per heavy atom. The summed E-state index contributed by atoms with van der Waals surface area (Å²) in [6, 6.07) is 4.91. The van der Waals surface area contributed by atoms with Crippen molar-refractivity contribution in [1.29, 1.82) is 0 Å². The second kappa shape index (κ2) is 5.33. The largest absolute Gasteiger partial charge is 0.489 e. The predicted molar refractivity (Wildman–Crippen MR) is 73.9 cm³/mol. The maximum atomic E-state index is 13.3. The van der Waals surface area contributed by atoms with E-state index in [0.717, 1.165) is 18.4 Å². The second-order valence-corrected chi connectivity index (χ2v) is 7.78. The SMILES string of the molecule is O=S1(=O)CCC(Oc2ccc(F)cc2CNC2CC2)C1. The Hall–Kier alpha value is -1.14. The van der Waals surface area contributed by atoms with Crippen LogP contribution in [0.1, 0.15) is 24.8 Å². The van der Waals surface area contributed by atoms with Crippen LogP contribution >= 0.6 is 0 Å². The van der Waals surface area contributed by atoms with Crippen LogP contribution in [0.2, 0.25) is 0 Å². The Balaban J connectivity index is 1.70. The molecule has 1 aromatic carbocycles. The van der Waals surface area contributed by atoms with Gasteiger partial charge in [-0.05, 0) is 37.5 Å². The number of hydrogen-bond donors (Lipinski definition) is 1. The highest BCUT2D eigenvalue weighted by atomic mass is 32.2. The van der Waals surface area contributed by atoms with Crippen molar-refractivity contribution in [2.24, 2.45) is 0 Å². The first-order valence-corrected chi connectivity index (χ1v) is 8.73. The number of benzene rings is 1. The van der Waals surface area contributed by atoms with Gasteiger partial charge in [0, 0.05) is 18.2 Å². The lowest BCUT2D eigenvalue weighted by Crippen LogP contribution is -2.20. The van der Waals surface area contributed by atoms with E-state index in [-0.39, 0.29) is 23.4 Å². The van der Waals surface area contributed by atoms with Crippen molar-refractivity contribution in [3.63, 3.8) is 0 Å². The van der Waals surface area contributed by atoms with Crippen LogP contribution < -0.4 is 10.1 Å². The summed E-state index contributed by atoms with van der Waals surface area (Å²) in [5.41, 5.74) is 0.751. The number of sulfone groups is 1. The molecule has 0 aromatic heterocycles. The van der Waals surface area contributed by atoms with Crippen LogP contribution in [-0.2, 0) is 16.4 Å². The molecule has 20 heavy (non-hydrogen) atoms. The van der Waals surface area contributed by atoms with Crippen molar-refractivity contribution in [3.8, 4) is 5.75 Å². The summed E-state index contributed by atoms with van der Waals surface area (Å²) in [7, 11) is -2.97. The molecule has 2 aliphatic rings. The number of nitrogens with one attached hydrogen (secondary N) is 1. The van der Waals surface area contributed by atoms with Crippen LogP contribution in [0.3, 0.4) is 0 Å². The molecule has 1 aliphatic heterocycles. The monoisotopic (exact) mass is 299 g/mol. The summed E-state index contributed by atoms with van der Waals surface area (Å²) >= 11 is 0. The molecule has 0 spiro atoms. The first-order valence-electron chi connectivity index (χ1n) is 6.91. The third-order valence-corrected chi connectivity index (χ3v) is 5.40. The van der Waals surface area contributed by atoms with E-state index in [2.05, 4.69) is 5.32 Å². The highest BCUT2D eigenvalue weighted by molar-refractivity contribution is 7.91. The lowest BCUT2D eigenvalue weighted by molar-refractivity contribution is 0.226. The van der Waals surface area contributed by atoms with Gasteiger partial charge in [-0.2, -0.15) is 0 Å². The zero-order valence-electron chi connectivity index (χ0n) is 11.1. The normalized spacial score (nSPS) is 24.8. The van der Waals surface area contributed by atoms with Crippen LogP contribution in [0.25, 0.3) is 0 Å². The van der Waals surface area contributed by atoms with Gasteiger partial charge in [0.2, 0.25) is 0 Å². The van der Waals surface area contributed by atoms with Crippen molar-refractivity contribution < 1.29 is 17.5 Å². The first-order chi connectivity index (χ1) is 9.52. The zero-order valence-corrected chi connectivity index (χ0v) is 12.0. The van der Waals surface area contributed by atoms with Gasteiger partial charge in [-0.1, -0.05) is 0 Å². The van der Waals surface area contributed by atoms with Crippen molar-refractivity contribution in [2.45, 2.75) is 38.0 Å². The standard InChI is InChI=1S/C14H18FNO3S/c15-11-1-4-14(10(7-11)8-16-12-2-3-12)19-13-5-6-20(17,18)9-13/h1,4,7,12-13,16H,2-3,5-6,8-9H2. The quantitative estimate of drug-likeness (QED) is 0.898. The molecule has 110 valence electrons. The molecule has 1 aromatic rings. The number of hydrogen-bond acceptors (Lipinski definition) is 4. The summed E-state index contributed by atoms with van der Waals surface area (Å²) in [6.07, 6.45) is 2.51. The molecule has 2 fully saturated rings. The lowest BCUT2D eigenvalue weighted by Gasteiger charge is -2.16. The van der Waals surface area contributed by atoms with Crippen molar-refractivity contribution >= 4 is 9.84 Å². The first kappa shape index (κ1) is 13.8. The van der Waals surface area contributed by atoms with Crippen LogP contribution in [0, 0.1) is 5.82 Å². The zero-order chi connectivity index (χ0) is 14.2. The maximum Gasteiger partial charge on any atom is 0.154 e. The van der Waals surface area contributed by atoms with Crippen LogP contribution in [0.5, 0.6) is 5.75 Å². The van der Waals surface area contributed by atoms with Gasteiger partial charge >= 0.3 is 0 Å². The van der Waals surface area contributed by atoms with Crippen LogP contribution in [0.15, 0.2) is 18.2 Å². The van der Waals surface area contributed by atoms with E-state index in [0.29, 0.717) is 24.8 Å². The van der Waals surface area contributed by atoms with Gasteiger partial charge in [-0.3, -0.25) is 0 Å². The predicted octanol–water partition coefficient (Wildman–Crippen LogP) is 1.64. The Morgan fingerprint density at radius 2 is 2.10 bits per heavy atom. The van der Waals surface area contributed by atoms with E-state index in [4.69, 9.17) is 4.74 Å². The highest BCUT2D eigenvalue weighted by Gasteiger charge is 2.30. The van der Waals surface area contributed by atoms with E-state index in [1.807, 2.05) is 0 Å². The third-order valence-electron chi connectivity index (χ3n) is 3.67. The maximum absolute atomic E-state index is 13.3. The Labute approximate surface area is 118 Å². The minimum absolute atomic E-state index is 0.0554. The van der Waals surface area contributed by atoms with Crippen LogP contribution in [0.4, 0.5) is 4.39 Å². The molecule has 1 saturated carbocycles. The summed E-state index contributed by atoms with van der Waals surface area (Å²) in [5, 5.41) is 3.32. The van der Waals surface area contributed by atoms with E-state index >= 15 is 0 Å². The average molecular weight is 299 g/mol. The Bertz CT molecular complexity index is 598. The molecular formula is C14H18FNO3S. The summed E-state index contributed by atoms with van der Waals surface area (Å²) in [6.45, 7) is 0.553. The van der Waals surface area contributed by atoms with E-state index in [9.17, 15) is 12.8 Å². The van der Waals surface area contributed by atoms with Crippen molar-refractivity contribution in [3.05, 3.63) is 29.6 Å². The van der Waals surface area contributed by atoms with Gasteiger partial charge in [0.25, 0.3) is 0 Å². The summed E-state index contributed by atoms with van der Waals surface area (Å²) in [5.74, 6) is 0.514. The fraction of sp³-hybridized carbons (Fsp3) is 0.571. The number of halogens is 1. The molecule has 4 nitrogen and oxygen atoms in total. The Morgan fingerprint density at radius 1 is 1.30 bits per heavy atom. The van der Waals surface area contributed by atoms with Crippen molar-refractivity contribution in [2.75, 3.05) is 11.5 Å². The molecule has 0 amide bonds. The second-order valence-electron chi connectivity index (χ2n) is 5.55. The molecule has 1 heterocycles. The molecule has 0 radical (unpaired) electrons. The molecule has 1 atom stereocenters. The van der Waals surface area contributed by atoms with Gasteiger partial charge in [0.05, 0.1) is 11.5 Å². The number of rotatable bonds is 5. The highest BCUT2D eigenvalue weighted by Crippen LogP contribution is 2.26. The summed E-state index contributed by atoms with van der Waals surface area (Å²) < 4.78 is 42.0. The molecule has 1 saturated heterocycles. The molecular weight excluding hydrogens is 281 g/mol. The average Bonchev–Trinajstić information content (AvgIpc) is 3.14. The minimum atomic E-state index is -2.97. The van der Waals surface area contributed by atoms with E-state index < -0.39 is 9.84 Å². The molecule has 0 bridgehead atoms. The smallest absolute Gasteiger partial charge is 0.154 e. The molecule has 6 heteroatoms. The lowest BCUT2D eigenvalue weighted by atomic mass is 10.2. The topological polar surface area (TPSA) is 55.4 Å². The van der Waals surface area contributed by atoms with E-state index in [1.165, 1.54) is 12.1 Å². The van der Waals surface area contributed by atoms with Gasteiger partial charge in [-0.15, -0.1) is 0 Å². The third kappa shape index (κ3) is 3.49. The molecule has 1 N–H and O–H groups in total. The van der Waals surface area contributed by atoms with Crippen LogP contribution in [-0.4, -0.2) is 32.1 Å². The van der Waals surface area contributed by atoms with Gasteiger partial charge in [0.15, 0.2) is 9.84 Å². The molecule has 1 aliphatic carbocycles. The van der Waals surface area contributed by atoms with Crippen molar-refractivity contribution in [1.82, 2.24) is 5.32 Å². The number of ether oxygens (including phenoxy) is 1. The molecule has 1 unspecified atom stereocenters. The van der Waals surface area contributed by atoms with Gasteiger partial charge in [-0.25, -0.2) is 12.8 Å². The minimum Gasteiger partial charge on any atom is -0.489 e. The Kier molecular flexibility index (Phi) is 3.69. The summed E-state index contributed by atoms with van der Waals surface area (Å²) in [4.78, 5) is 0. The van der Waals surface area contributed by atoms with E-state index in [1.54, 1.807) is 6.07 Å².